The van der Waals surface area contributed by atoms with Crippen LogP contribution >= 0.6 is 24.4 Å². The lowest BCUT2D eigenvalue weighted by Gasteiger charge is -2.06. The zero-order valence-corrected chi connectivity index (χ0v) is 9.39. The Hall–Kier alpha value is 0.700. The summed E-state index contributed by atoms with van der Waals surface area (Å²) < 4.78 is 0. The third-order valence-corrected chi connectivity index (χ3v) is 3.52. The Balaban J connectivity index is 2.89. The Kier molecular flexibility index (Phi) is 9.35. The molecule has 0 heterocycles. The first kappa shape index (κ1) is 11.7. The van der Waals surface area contributed by atoms with E-state index in [0.29, 0.717) is 0 Å². The first-order valence-corrected chi connectivity index (χ1v) is 6.21. The van der Waals surface area contributed by atoms with Crippen LogP contribution in [-0.4, -0.2) is 16.8 Å². The summed E-state index contributed by atoms with van der Waals surface area (Å²) in [4.78, 5) is 0. The van der Waals surface area contributed by atoms with E-state index in [4.69, 9.17) is 0 Å². The van der Waals surface area contributed by atoms with E-state index < -0.39 is 0 Å². The van der Waals surface area contributed by atoms with Crippen LogP contribution in [0.2, 0.25) is 0 Å². The molecule has 1 atom stereocenters. The maximum atomic E-state index is 4.17. The molecule has 0 bridgehead atoms. The van der Waals surface area contributed by atoms with Gasteiger partial charge >= 0.3 is 0 Å². The lowest BCUT2D eigenvalue weighted by atomic mass is 10.3. The molecule has 0 N–H and O–H groups in total. The van der Waals surface area contributed by atoms with Gasteiger partial charge in [-0.15, -0.1) is 0 Å². The van der Waals surface area contributed by atoms with Crippen LogP contribution in [0.4, 0.5) is 0 Å². The minimum absolute atomic E-state index is 0.853. The largest absolute Gasteiger partial charge is 0.179 e. The van der Waals surface area contributed by atoms with Gasteiger partial charge < -0.3 is 0 Å². The molecule has 0 fully saturated rings. The summed E-state index contributed by atoms with van der Waals surface area (Å²) in [6.45, 7) is 4.56. The molecule has 0 saturated heterocycles. The summed E-state index contributed by atoms with van der Waals surface area (Å²) in [7, 11) is 0. The van der Waals surface area contributed by atoms with Crippen LogP contribution in [0.25, 0.3) is 0 Å². The fourth-order valence-corrected chi connectivity index (χ4v) is 2.03. The van der Waals surface area contributed by atoms with Crippen LogP contribution in [0.5, 0.6) is 0 Å². The second kappa shape index (κ2) is 8.79. The number of unbranched alkanes of at least 4 members (excludes halogenated alkanes) is 2. The molecule has 2 heteroatoms. The fourth-order valence-electron chi connectivity index (χ4n) is 0.793. The summed E-state index contributed by atoms with van der Waals surface area (Å²) in [5, 5.41) is 0.853. The second-order valence-electron chi connectivity index (χ2n) is 2.87. The van der Waals surface area contributed by atoms with Crippen molar-refractivity contribution in [1.82, 2.24) is 0 Å². The number of thiol groups is 1. The van der Waals surface area contributed by atoms with Crippen molar-refractivity contribution in [3.05, 3.63) is 0 Å². The number of rotatable bonds is 7. The van der Waals surface area contributed by atoms with Gasteiger partial charge in [0.05, 0.1) is 0 Å². The van der Waals surface area contributed by atoms with E-state index in [1.165, 1.54) is 31.4 Å². The number of hydrogen-bond acceptors (Lipinski definition) is 2. The topological polar surface area (TPSA) is 0 Å². The van der Waals surface area contributed by atoms with Crippen LogP contribution in [0.1, 0.15) is 39.5 Å². The van der Waals surface area contributed by atoms with E-state index >= 15 is 0 Å². The van der Waals surface area contributed by atoms with Crippen molar-refractivity contribution in [2.45, 2.75) is 44.8 Å². The fraction of sp³-hybridized carbons (Fsp3) is 1.00. The Morgan fingerprint density at radius 2 is 2.00 bits per heavy atom. The number of hydrogen-bond donors (Lipinski definition) is 1. The maximum absolute atomic E-state index is 4.17. The smallest absolute Gasteiger partial charge is 0.00160 e. The van der Waals surface area contributed by atoms with Gasteiger partial charge in [0.1, 0.15) is 0 Å². The minimum atomic E-state index is 0.853. The van der Waals surface area contributed by atoms with Crippen LogP contribution in [-0.2, 0) is 0 Å². The van der Waals surface area contributed by atoms with Crippen molar-refractivity contribution in [3.63, 3.8) is 0 Å². The highest BCUT2D eigenvalue weighted by molar-refractivity contribution is 7.99. The van der Waals surface area contributed by atoms with E-state index in [-0.39, 0.29) is 0 Å². The van der Waals surface area contributed by atoms with Crippen molar-refractivity contribution in [2.75, 3.05) is 11.5 Å². The van der Waals surface area contributed by atoms with Crippen LogP contribution in [0.3, 0.4) is 0 Å². The molecule has 0 aliphatic rings. The van der Waals surface area contributed by atoms with Crippen molar-refractivity contribution in [1.29, 1.82) is 0 Å². The highest BCUT2D eigenvalue weighted by Gasteiger charge is 1.97. The normalized spacial score (nSPS) is 13.4. The lowest BCUT2D eigenvalue weighted by molar-refractivity contribution is 0.783. The zero-order valence-electron chi connectivity index (χ0n) is 7.68. The molecule has 0 aromatic heterocycles. The summed E-state index contributed by atoms with van der Waals surface area (Å²) in [6.07, 6.45) is 5.31. The molecule has 0 nitrogen and oxygen atoms in total. The molecule has 0 rings (SSSR count). The molecule has 0 aromatic carbocycles. The van der Waals surface area contributed by atoms with Gasteiger partial charge in [-0.2, -0.15) is 24.4 Å². The molecule has 11 heavy (non-hydrogen) atoms. The number of thioether (sulfide) groups is 1. The first-order chi connectivity index (χ1) is 5.31. The highest BCUT2D eigenvalue weighted by Crippen LogP contribution is 2.15. The highest BCUT2D eigenvalue weighted by atomic mass is 32.2. The predicted molar refractivity (Wildman–Crippen MR) is 59.9 cm³/mol. The Morgan fingerprint density at radius 3 is 2.55 bits per heavy atom. The van der Waals surface area contributed by atoms with Crippen LogP contribution < -0.4 is 0 Å². The standard InChI is InChI=1S/C9H20S2/c1-3-9(2)11-8-6-4-5-7-10/h9-10H,3-8H2,1-2H3. The SMILES string of the molecule is CCC(C)SCCCCCS. The van der Waals surface area contributed by atoms with E-state index in [9.17, 15) is 0 Å². The average Bonchev–Trinajstić information content (AvgIpc) is 2.04. The molecule has 0 saturated carbocycles. The van der Waals surface area contributed by atoms with Crippen LogP contribution in [0.15, 0.2) is 0 Å². The van der Waals surface area contributed by atoms with Crippen molar-refractivity contribution >= 4 is 24.4 Å². The van der Waals surface area contributed by atoms with Gasteiger partial charge in [0.2, 0.25) is 0 Å². The molecule has 0 spiro atoms. The van der Waals surface area contributed by atoms with Gasteiger partial charge in [-0.3, -0.25) is 0 Å². The summed E-state index contributed by atoms with van der Waals surface area (Å²) in [5.41, 5.74) is 0. The second-order valence-corrected chi connectivity index (χ2v) is 4.87. The van der Waals surface area contributed by atoms with E-state index in [1.54, 1.807) is 0 Å². The van der Waals surface area contributed by atoms with Gasteiger partial charge in [0.25, 0.3) is 0 Å². The molecule has 0 aromatic rings. The van der Waals surface area contributed by atoms with Crippen LogP contribution in [0, 0.1) is 0 Å². The lowest BCUT2D eigenvalue weighted by Crippen LogP contribution is -1.94. The maximum Gasteiger partial charge on any atom is 0.00160 e. The van der Waals surface area contributed by atoms with Gasteiger partial charge in [-0.05, 0) is 30.8 Å². The molecule has 68 valence electrons. The Bertz CT molecular complexity index is 74.0. The van der Waals surface area contributed by atoms with Gasteiger partial charge in [-0.25, -0.2) is 0 Å². The molecular formula is C9H20S2. The van der Waals surface area contributed by atoms with Gasteiger partial charge in [0.15, 0.2) is 0 Å². The molecule has 1 unspecified atom stereocenters. The van der Waals surface area contributed by atoms with Gasteiger partial charge in [-0.1, -0.05) is 20.3 Å². The third kappa shape index (κ3) is 8.61. The summed E-state index contributed by atoms with van der Waals surface area (Å²) >= 11 is 6.28. The van der Waals surface area contributed by atoms with Crippen molar-refractivity contribution in [3.8, 4) is 0 Å². The monoisotopic (exact) mass is 192 g/mol. The van der Waals surface area contributed by atoms with Gasteiger partial charge in [0, 0.05) is 5.25 Å². The Morgan fingerprint density at radius 1 is 1.27 bits per heavy atom. The molecule has 0 radical (unpaired) electrons. The first-order valence-electron chi connectivity index (χ1n) is 4.53. The quantitative estimate of drug-likeness (QED) is 0.475. The summed E-state index contributed by atoms with van der Waals surface area (Å²) in [5.74, 6) is 2.39. The van der Waals surface area contributed by atoms with E-state index in [0.717, 1.165) is 11.0 Å². The predicted octanol–water partition coefficient (Wildman–Crippen LogP) is 3.62. The minimum Gasteiger partial charge on any atom is -0.179 e. The molecule has 0 aliphatic heterocycles. The van der Waals surface area contributed by atoms with Crippen molar-refractivity contribution in [2.24, 2.45) is 0 Å². The van der Waals surface area contributed by atoms with E-state index in [1.807, 2.05) is 0 Å². The molecule has 0 aliphatic carbocycles. The summed E-state index contributed by atoms with van der Waals surface area (Å²) in [6, 6.07) is 0. The Labute approximate surface area is 80.9 Å². The molecular weight excluding hydrogens is 172 g/mol. The van der Waals surface area contributed by atoms with E-state index in [2.05, 4.69) is 38.2 Å². The average molecular weight is 192 g/mol. The zero-order chi connectivity index (χ0) is 8.53. The third-order valence-electron chi connectivity index (χ3n) is 1.78. The van der Waals surface area contributed by atoms with Crippen molar-refractivity contribution < 1.29 is 0 Å². The molecule has 0 amide bonds.